The molecular formula is C51H32N4O. The first-order valence-electron chi connectivity index (χ1n) is 18.8. The third-order valence-electron chi connectivity index (χ3n) is 10.7. The average molecular weight is 717 g/mol. The minimum atomic E-state index is 0.598. The van der Waals surface area contributed by atoms with Gasteiger partial charge >= 0.3 is 0 Å². The number of para-hydroxylation sites is 2. The highest BCUT2D eigenvalue weighted by molar-refractivity contribution is 6.24. The van der Waals surface area contributed by atoms with Crippen LogP contribution >= 0.6 is 0 Å². The number of furan rings is 1. The molecule has 56 heavy (non-hydrogen) atoms. The van der Waals surface area contributed by atoms with E-state index in [1.807, 2.05) is 42.5 Å². The molecule has 0 saturated carbocycles. The second-order valence-electron chi connectivity index (χ2n) is 14.0. The molecule has 11 rings (SSSR count). The molecule has 0 fully saturated rings. The molecule has 0 bridgehead atoms. The molecule has 3 aromatic heterocycles. The van der Waals surface area contributed by atoms with Gasteiger partial charge in [-0.2, -0.15) is 0 Å². The number of rotatable bonds is 6. The Kier molecular flexibility index (Phi) is 7.42. The molecule has 5 nitrogen and oxygen atoms in total. The maximum absolute atomic E-state index is 6.82. The van der Waals surface area contributed by atoms with Gasteiger partial charge in [0.05, 0.1) is 22.1 Å². The summed E-state index contributed by atoms with van der Waals surface area (Å²) in [6.07, 6.45) is 0. The standard InChI is InChI=1S/C51H32N4O/c1-4-14-33(15-5-1)35-24-26-37(27-25-35)50-52-49(36-18-8-3-9-19-36)53-51(54-50)42-21-11-13-23-44(42)55-43-22-12-10-20-41(43)47-45(55)31-30-40-39-29-28-38(32-46(39)56-48(40)47)34-16-6-2-7-17-34/h1-32H. The second-order valence-corrected chi connectivity index (χ2v) is 14.0. The van der Waals surface area contributed by atoms with Gasteiger partial charge in [0, 0.05) is 32.8 Å². The Morgan fingerprint density at radius 3 is 1.61 bits per heavy atom. The number of aromatic nitrogens is 4. The fourth-order valence-electron chi connectivity index (χ4n) is 8.00. The maximum Gasteiger partial charge on any atom is 0.166 e. The van der Waals surface area contributed by atoms with Crippen LogP contribution in [0.1, 0.15) is 0 Å². The van der Waals surface area contributed by atoms with Crippen LogP contribution in [0.3, 0.4) is 0 Å². The first-order chi connectivity index (χ1) is 27.8. The predicted octanol–water partition coefficient (Wildman–Crippen LogP) is 13.2. The molecule has 0 spiro atoms. The first-order valence-corrected chi connectivity index (χ1v) is 18.8. The molecule has 0 radical (unpaired) electrons. The quantitative estimate of drug-likeness (QED) is 0.172. The Hall–Kier alpha value is -7.63. The van der Waals surface area contributed by atoms with E-state index in [0.717, 1.165) is 88.4 Å². The minimum Gasteiger partial charge on any atom is -0.455 e. The molecule has 0 N–H and O–H groups in total. The largest absolute Gasteiger partial charge is 0.455 e. The van der Waals surface area contributed by atoms with Crippen molar-refractivity contribution in [3.8, 4) is 62.1 Å². The lowest BCUT2D eigenvalue weighted by Crippen LogP contribution is -2.03. The summed E-state index contributed by atoms with van der Waals surface area (Å²) in [6, 6.07) is 67.3. The fraction of sp³-hybridized carbons (Fsp3) is 0. The van der Waals surface area contributed by atoms with E-state index < -0.39 is 0 Å². The third-order valence-corrected chi connectivity index (χ3v) is 10.7. The van der Waals surface area contributed by atoms with E-state index in [4.69, 9.17) is 19.4 Å². The Bertz CT molecular complexity index is 3220. The lowest BCUT2D eigenvalue weighted by atomic mass is 10.0. The number of fused-ring (bicyclic) bond motifs is 7. The lowest BCUT2D eigenvalue weighted by Gasteiger charge is -2.14. The lowest BCUT2D eigenvalue weighted by molar-refractivity contribution is 0.673. The number of nitrogens with zero attached hydrogens (tertiary/aromatic N) is 4. The van der Waals surface area contributed by atoms with Crippen molar-refractivity contribution >= 4 is 43.7 Å². The van der Waals surface area contributed by atoms with Crippen LogP contribution in [0.25, 0.3) is 106 Å². The molecule has 8 aromatic carbocycles. The second kappa shape index (κ2) is 13.0. The van der Waals surface area contributed by atoms with Crippen molar-refractivity contribution in [2.45, 2.75) is 0 Å². The Labute approximate surface area is 322 Å². The van der Waals surface area contributed by atoms with Crippen molar-refractivity contribution in [2.75, 3.05) is 0 Å². The Morgan fingerprint density at radius 1 is 0.357 bits per heavy atom. The van der Waals surface area contributed by atoms with Gasteiger partial charge in [-0.3, -0.25) is 0 Å². The molecule has 3 heterocycles. The van der Waals surface area contributed by atoms with Gasteiger partial charge in [0.2, 0.25) is 0 Å². The topological polar surface area (TPSA) is 56.7 Å². The fourth-order valence-corrected chi connectivity index (χ4v) is 8.00. The Morgan fingerprint density at radius 2 is 0.875 bits per heavy atom. The van der Waals surface area contributed by atoms with Gasteiger partial charge in [0.15, 0.2) is 17.5 Å². The molecule has 0 saturated heterocycles. The normalized spacial score (nSPS) is 11.6. The van der Waals surface area contributed by atoms with E-state index in [1.54, 1.807) is 0 Å². The molecule has 0 aliphatic heterocycles. The highest BCUT2D eigenvalue weighted by atomic mass is 16.3. The van der Waals surface area contributed by atoms with Crippen molar-refractivity contribution in [3.63, 3.8) is 0 Å². The maximum atomic E-state index is 6.82. The molecule has 0 atom stereocenters. The van der Waals surface area contributed by atoms with E-state index in [0.29, 0.717) is 17.5 Å². The van der Waals surface area contributed by atoms with Gasteiger partial charge in [-0.15, -0.1) is 0 Å². The van der Waals surface area contributed by atoms with Crippen LogP contribution in [0, 0.1) is 0 Å². The molecule has 0 aliphatic rings. The van der Waals surface area contributed by atoms with Crippen LogP contribution in [-0.4, -0.2) is 19.5 Å². The molecule has 0 amide bonds. The monoisotopic (exact) mass is 716 g/mol. The highest BCUT2D eigenvalue weighted by Gasteiger charge is 2.22. The van der Waals surface area contributed by atoms with Crippen molar-refractivity contribution in [2.24, 2.45) is 0 Å². The number of hydrogen-bond donors (Lipinski definition) is 0. The van der Waals surface area contributed by atoms with E-state index in [-0.39, 0.29) is 0 Å². The average Bonchev–Trinajstić information content (AvgIpc) is 3.82. The van der Waals surface area contributed by atoms with Crippen LogP contribution < -0.4 is 0 Å². The van der Waals surface area contributed by atoms with Crippen LogP contribution in [-0.2, 0) is 0 Å². The van der Waals surface area contributed by atoms with Crippen LogP contribution in [0.5, 0.6) is 0 Å². The number of benzene rings is 8. The minimum absolute atomic E-state index is 0.598. The number of hydrogen-bond acceptors (Lipinski definition) is 4. The Balaban J connectivity index is 1.11. The first kappa shape index (κ1) is 31.9. The summed E-state index contributed by atoms with van der Waals surface area (Å²) in [7, 11) is 0. The smallest absolute Gasteiger partial charge is 0.166 e. The summed E-state index contributed by atoms with van der Waals surface area (Å²) >= 11 is 0. The van der Waals surface area contributed by atoms with Gasteiger partial charge in [-0.1, -0.05) is 152 Å². The van der Waals surface area contributed by atoms with E-state index in [1.165, 1.54) is 0 Å². The van der Waals surface area contributed by atoms with E-state index in [9.17, 15) is 0 Å². The summed E-state index contributed by atoms with van der Waals surface area (Å²) in [6.45, 7) is 0. The van der Waals surface area contributed by atoms with Gasteiger partial charge in [0.1, 0.15) is 11.2 Å². The highest BCUT2D eigenvalue weighted by Crippen LogP contribution is 2.42. The van der Waals surface area contributed by atoms with Crippen LogP contribution in [0.2, 0.25) is 0 Å². The SMILES string of the molecule is c1ccc(-c2ccc(-c3nc(-c4ccccc4)nc(-c4ccccc4-n4c5ccccc5c5c6oc7cc(-c8ccccc8)ccc7c6ccc54)n3)cc2)cc1. The predicted molar refractivity (Wildman–Crippen MR) is 229 cm³/mol. The summed E-state index contributed by atoms with van der Waals surface area (Å²) in [5.41, 5.74) is 12.2. The van der Waals surface area contributed by atoms with Gasteiger partial charge < -0.3 is 8.98 Å². The van der Waals surface area contributed by atoms with Gasteiger partial charge in [-0.05, 0) is 64.7 Å². The molecule has 0 unspecified atom stereocenters. The molecular weight excluding hydrogens is 685 g/mol. The van der Waals surface area contributed by atoms with Crippen molar-refractivity contribution in [1.29, 1.82) is 0 Å². The summed E-state index contributed by atoms with van der Waals surface area (Å²) in [5, 5.41) is 4.38. The molecule has 11 aromatic rings. The third kappa shape index (κ3) is 5.29. The zero-order valence-corrected chi connectivity index (χ0v) is 30.2. The molecule has 5 heteroatoms. The van der Waals surface area contributed by atoms with Gasteiger partial charge in [0.25, 0.3) is 0 Å². The van der Waals surface area contributed by atoms with Crippen molar-refractivity contribution < 1.29 is 4.42 Å². The van der Waals surface area contributed by atoms with Gasteiger partial charge in [-0.25, -0.2) is 15.0 Å². The van der Waals surface area contributed by atoms with Crippen molar-refractivity contribution in [3.05, 3.63) is 194 Å². The summed E-state index contributed by atoms with van der Waals surface area (Å²) < 4.78 is 9.14. The summed E-state index contributed by atoms with van der Waals surface area (Å²) in [5.74, 6) is 1.83. The van der Waals surface area contributed by atoms with E-state index in [2.05, 4.69) is 156 Å². The molecule has 262 valence electrons. The van der Waals surface area contributed by atoms with Crippen molar-refractivity contribution in [1.82, 2.24) is 19.5 Å². The van der Waals surface area contributed by atoms with Crippen LogP contribution in [0.4, 0.5) is 0 Å². The zero-order chi connectivity index (χ0) is 37.0. The zero-order valence-electron chi connectivity index (χ0n) is 30.2. The van der Waals surface area contributed by atoms with Crippen LogP contribution in [0.15, 0.2) is 199 Å². The molecule has 0 aliphatic carbocycles. The van der Waals surface area contributed by atoms with E-state index >= 15 is 0 Å². The summed E-state index contributed by atoms with van der Waals surface area (Å²) in [4.78, 5) is 15.4.